The third kappa shape index (κ3) is 5.81. The zero-order valence-corrected chi connectivity index (χ0v) is 16.2. The summed E-state index contributed by atoms with van der Waals surface area (Å²) in [6, 6.07) is 17.6. The van der Waals surface area contributed by atoms with E-state index in [1.165, 1.54) is 11.8 Å². The third-order valence-corrected chi connectivity index (χ3v) is 4.53. The smallest absolute Gasteiger partial charge is 0.410 e. The molecule has 1 aliphatic heterocycles. The van der Waals surface area contributed by atoms with Gasteiger partial charge in [0.05, 0.1) is 6.54 Å². The van der Waals surface area contributed by atoms with Crippen LogP contribution in [0.2, 0.25) is 0 Å². The highest BCUT2D eigenvalue weighted by Crippen LogP contribution is 2.23. The Morgan fingerprint density at radius 1 is 0.897 bits per heavy atom. The highest BCUT2D eigenvalue weighted by molar-refractivity contribution is 5.82. The van der Waals surface area contributed by atoms with Gasteiger partial charge in [-0.3, -0.25) is 9.69 Å². The highest BCUT2D eigenvalue weighted by atomic mass is 16.6. The number of amides is 1. The van der Waals surface area contributed by atoms with Crippen LogP contribution < -0.4 is 0 Å². The number of hydrogen-bond donors (Lipinski definition) is 0. The van der Waals surface area contributed by atoms with Gasteiger partial charge in [0.1, 0.15) is 25.4 Å². The predicted molar refractivity (Wildman–Crippen MR) is 104 cm³/mol. The van der Waals surface area contributed by atoms with Crippen molar-refractivity contribution in [1.29, 1.82) is 0 Å². The first-order valence-corrected chi connectivity index (χ1v) is 9.38. The van der Waals surface area contributed by atoms with Gasteiger partial charge in [-0.1, -0.05) is 60.7 Å². The van der Waals surface area contributed by atoms with Crippen LogP contribution in [0.3, 0.4) is 0 Å². The molecule has 0 unspecified atom stereocenters. The molecule has 1 amide bonds. The van der Waals surface area contributed by atoms with Crippen molar-refractivity contribution in [2.75, 3.05) is 6.54 Å². The monoisotopic (exact) mass is 397 g/mol. The number of likely N-dealkylation sites (tertiary alicyclic amines) is 1. The Labute approximate surface area is 169 Å². The summed E-state index contributed by atoms with van der Waals surface area (Å²) in [7, 11) is 0. The summed E-state index contributed by atoms with van der Waals surface area (Å²) in [5.41, 5.74) is 1.67. The van der Waals surface area contributed by atoms with E-state index < -0.39 is 30.2 Å². The molecule has 0 aliphatic carbocycles. The second-order valence-corrected chi connectivity index (χ2v) is 6.77. The van der Waals surface area contributed by atoms with Crippen LogP contribution in [0.5, 0.6) is 0 Å². The molecule has 0 spiro atoms. The van der Waals surface area contributed by atoms with E-state index in [9.17, 15) is 14.4 Å². The van der Waals surface area contributed by atoms with Crippen LogP contribution in [0.4, 0.5) is 4.79 Å². The van der Waals surface area contributed by atoms with E-state index in [-0.39, 0.29) is 26.2 Å². The zero-order chi connectivity index (χ0) is 20.6. The molecule has 0 N–H and O–H groups in total. The lowest BCUT2D eigenvalue weighted by molar-refractivity contribution is -0.151. The predicted octanol–water partition coefficient (Wildman–Crippen LogP) is 3.07. The van der Waals surface area contributed by atoms with Crippen LogP contribution in [0.1, 0.15) is 24.5 Å². The Morgan fingerprint density at radius 3 is 2.00 bits per heavy atom. The van der Waals surface area contributed by atoms with Crippen LogP contribution in [0.15, 0.2) is 60.7 Å². The third-order valence-electron chi connectivity index (χ3n) is 4.53. The molecule has 1 fully saturated rings. The molecule has 0 radical (unpaired) electrons. The Bertz CT molecular complexity index is 775. The molecule has 0 bridgehead atoms. The molecule has 0 aromatic heterocycles. The van der Waals surface area contributed by atoms with Gasteiger partial charge in [0.15, 0.2) is 0 Å². The van der Waals surface area contributed by atoms with E-state index in [2.05, 4.69) is 0 Å². The van der Waals surface area contributed by atoms with Gasteiger partial charge in [-0.2, -0.15) is 0 Å². The fourth-order valence-electron chi connectivity index (χ4n) is 3.17. The van der Waals surface area contributed by atoms with E-state index in [1.54, 1.807) is 0 Å². The summed E-state index contributed by atoms with van der Waals surface area (Å²) in [6.07, 6.45) is -1.05. The Balaban J connectivity index is 1.63. The molecular formula is C22H23NO6. The number of nitrogens with zero attached hydrogens (tertiary/aromatic N) is 1. The van der Waals surface area contributed by atoms with E-state index >= 15 is 0 Å². The molecule has 1 aliphatic rings. The Hall–Kier alpha value is -3.35. The number of hydrogen-bond acceptors (Lipinski definition) is 6. The van der Waals surface area contributed by atoms with E-state index in [1.807, 2.05) is 60.7 Å². The number of carbonyl (C=O) groups excluding carboxylic acids is 3. The summed E-state index contributed by atoms with van der Waals surface area (Å²) in [5.74, 6) is -1.02. The molecule has 29 heavy (non-hydrogen) atoms. The van der Waals surface area contributed by atoms with Crippen molar-refractivity contribution in [3.05, 3.63) is 71.8 Å². The van der Waals surface area contributed by atoms with Crippen LogP contribution >= 0.6 is 0 Å². The maximum Gasteiger partial charge on any atom is 0.410 e. The molecular weight excluding hydrogens is 374 g/mol. The van der Waals surface area contributed by atoms with E-state index in [0.29, 0.717) is 0 Å². The summed E-state index contributed by atoms with van der Waals surface area (Å²) in [6.45, 7) is 1.55. The minimum atomic E-state index is -0.869. The van der Waals surface area contributed by atoms with Crippen LogP contribution in [-0.2, 0) is 37.0 Å². The molecule has 0 saturated carbocycles. The van der Waals surface area contributed by atoms with Gasteiger partial charge in [0, 0.05) is 13.3 Å². The fraction of sp³-hybridized carbons (Fsp3) is 0.318. The quantitative estimate of drug-likeness (QED) is 0.550. The van der Waals surface area contributed by atoms with Crippen molar-refractivity contribution in [3.8, 4) is 0 Å². The topological polar surface area (TPSA) is 82.1 Å². The molecule has 1 heterocycles. The average Bonchev–Trinajstić information content (AvgIpc) is 3.15. The Morgan fingerprint density at radius 2 is 1.45 bits per heavy atom. The van der Waals surface area contributed by atoms with Gasteiger partial charge < -0.3 is 14.2 Å². The Kier molecular flexibility index (Phi) is 6.84. The van der Waals surface area contributed by atoms with Gasteiger partial charge >= 0.3 is 18.0 Å². The lowest BCUT2D eigenvalue weighted by Crippen LogP contribution is -2.41. The van der Waals surface area contributed by atoms with Gasteiger partial charge in [-0.25, -0.2) is 9.59 Å². The van der Waals surface area contributed by atoms with Crippen LogP contribution in [0.25, 0.3) is 0 Å². The number of rotatable bonds is 6. The molecule has 3 rings (SSSR count). The minimum absolute atomic E-state index is 0.0817. The van der Waals surface area contributed by atoms with Gasteiger partial charge in [0.2, 0.25) is 0 Å². The summed E-state index contributed by atoms with van der Waals surface area (Å²) >= 11 is 0. The molecule has 2 aromatic carbocycles. The molecule has 152 valence electrons. The SMILES string of the molecule is CC(=O)O[C@H]1C[C@@H](C(=O)OCc2ccccc2)N(C(=O)OCc2ccccc2)C1. The molecule has 7 heteroatoms. The first-order chi connectivity index (χ1) is 14.0. The molecule has 2 atom stereocenters. The standard InChI is InChI=1S/C22H23NO6/c1-16(24)29-19-12-20(21(25)27-14-17-8-4-2-5-9-17)23(13-19)22(26)28-15-18-10-6-3-7-11-18/h2-11,19-20H,12-15H2,1H3/t19-,20-/m0/s1. The van der Waals surface area contributed by atoms with Gasteiger partial charge in [-0.15, -0.1) is 0 Å². The molecule has 7 nitrogen and oxygen atoms in total. The summed E-state index contributed by atoms with van der Waals surface area (Å²) in [4.78, 5) is 37.8. The number of carbonyl (C=O) groups is 3. The van der Waals surface area contributed by atoms with Gasteiger partial charge in [-0.05, 0) is 11.1 Å². The number of benzene rings is 2. The zero-order valence-electron chi connectivity index (χ0n) is 16.2. The second kappa shape index (κ2) is 9.73. The minimum Gasteiger partial charge on any atom is -0.461 e. The van der Waals surface area contributed by atoms with Crippen LogP contribution in [-0.4, -0.2) is 41.6 Å². The summed E-state index contributed by atoms with van der Waals surface area (Å²) in [5, 5.41) is 0. The first kappa shape index (κ1) is 20.4. The van der Waals surface area contributed by atoms with Crippen molar-refractivity contribution >= 4 is 18.0 Å². The van der Waals surface area contributed by atoms with Crippen molar-refractivity contribution in [2.45, 2.75) is 38.7 Å². The average molecular weight is 397 g/mol. The fourth-order valence-corrected chi connectivity index (χ4v) is 3.17. The largest absolute Gasteiger partial charge is 0.461 e. The highest BCUT2D eigenvalue weighted by Gasteiger charge is 2.43. The maximum atomic E-state index is 12.6. The van der Waals surface area contributed by atoms with Crippen molar-refractivity contribution in [1.82, 2.24) is 4.90 Å². The van der Waals surface area contributed by atoms with Crippen LogP contribution in [0, 0.1) is 0 Å². The summed E-state index contributed by atoms with van der Waals surface area (Å²) < 4.78 is 15.9. The van der Waals surface area contributed by atoms with Crippen molar-refractivity contribution < 1.29 is 28.6 Å². The number of esters is 2. The molecule has 2 aromatic rings. The van der Waals surface area contributed by atoms with E-state index in [4.69, 9.17) is 14.2 Å². The number of ether oxygens (including phenoxy) is 3. The lowest BCUT2D eigenvalue weighted by Gasteiger charge is -2.22. The first-order valence-electron chi connectivity index (χ1n) is 9.38. The van der Waals surface area contributed by atoms with Crippen molar-refractivity contribution in [2.24, 2.45) is 0 Å². The lowest BCUT2D eigenvalue weighted by atomic mass is 10.2. The van der Waals surface area contributed by atoms with E-state index in [0.717, 1.165) is 11.1 Å². The maximum absolute atomic E-state index is 12.6. The second-order valence-electron chi connectivity index (χ2n) is 6.77. The van der Waals surface area contributed by atoms with Crippen molar-refractivity contribution in [3.63, 3.8) is 0 Å². The van der Waals surface area contributed by atoms with Gasteiger partial charge in [0.25, 0.3) is 0 Å². The molecule has 1 saturated heterocycles. The normalized spacial score (nSPS) is 18.2.